The number of hydrogen-bond acceptors (Lipinski definition) is 2. The van der Waals surface area contributed by atoms with Crippen molar-refractivity contribution in [2.24, 2.45) is 0 Å². The fraction of sp³-hybridized carbons (Fsp3) is 1.00. The second-order valence-electron chi connectivity index (χ2n) is 4.48. The van der Waals surface area contributed by atoms with Crippen LogP contribution in [0.4, 0.5) is 0 Å². The van der Waals surface area contributed by atoms with Gasteiger partial charge >= 0.3 is 0 Å². The molecule has 0 radical (unpaired) electrons. The first-order chi connectivity index (χ1) is 6.45. The molecule has 0 atom stereocenters. The monoisotopic (exact) mass is 182 g/mol. The van der Waals surface area contributed by atoms with Crippen molar-refractivity contribution in [3.63, 3.8) is 0 Å². The fourth-order valence-corrected chi connectivity index (χ4v) is 2.08. The molecule has 0 bridgehead atoms. The van der Waals surface area contributed by atoms with Crippen LogP contribution in [0.2, 0.25) is 0 Å². The Morgan fingerprint density at radius 2 is 1.85 bits per heavy atom. The molecule has 2 heteroatoms. The summed E-state index contributed by atoms with van der Waals surface area (Å²) in [6.07, 6.45) is 8.49. The molecule has 1 aliphatic heterocycles. The molecule has 1 aliphatic carbocycles. The maximum Gasteiger partial charge on any atom is 0.00682 e. The van der Waals surface area contributed by atoms with E-state index in [9.17, 15) is 0 Å². The van der Waals surface area contributed by atoms with Crippen LogP contribution in [0.15, 0.2) is 0 Å². The third-order valence-corrected chi connectivity index (χ3v) is 3.11. The number of hydrogen-bond donors (Lipinski definition) is 1. The van der Waals surface area contributed by atoms with E-state index in [0.717, 1.165) is 6.04 Å². The van der Waals surface area contributed by atoms with Crippen LogP contribution in [0.25, 0.3) is 0 Å². The summed E-state index contributed by atoms with van der Waals surface area (Å²) >= 11 is 0. The van der Waals surface area contributed by atoms with Crippen molar-refractivity contribution in [3.8, 4) is 0 Å². The van der Waals surface area contributed by atoms with E-state index in [2.05, 4.69) is 10.2 Å². The molecular formula is C11H22N2. The van der Waals surface area contributed by atoms with Crippen molar-refractivity contribution in [1.29, 1.82) is 0 Å². The fourth-order valence-electron chi connectivity index (χ4n) is 2.08. The number of nitrogens with zero attached hydrogens (tertiary/aromatic N) is 1. The van der Waals surface area contributed by atoms with Crippen molar-refractivity contribution in [2.45, 2.75) is 44.6 Å². The highest BCUT2D eigenvalue weighted by molar-refractivity contribution is 4.80. The molecule has 2 nitrogen and oxygen atoms in total. The molecular weight excluding hydrogens is 160 g/mol. The topological polar surface area (TPSA) is 15.3 Å². The van der Waals surface area contributed by atoms with Crippen LogP contribution in [-0.2, 0) is 0 Å². The van der Waals surface area contributed by atoms with Gasteiger partial charge in [0.1, 0.15) is 0 Å². The normalized spacial score (nSPS) is 24.9. The van der Waals surface area contributed by atoms with E-state index < -0.39 is 0 Å². The van der Waals surface area contributed by atoms with Gasteiger partial charge < -0.3 is 10.2 Å². The van der Waals surface area contributed by atoms with Crippen LogP contribution >= 0.6 is 0 Å². The zero-order valence-electron chi connectivity index (χ0n) is 8.60. The van der Waals surface area contributed by atoms with E-state index in [0.29, 0.717) is 0 Å². The van der Waals surface area contributed by atoms with E-state index in [1.54, 1.807) is 0 Å². The maximum absolute atomic E-state index is 3.57. The molecule has 2 aliphatic rings. The Kier molecular flexibility index (Phi) is 3.62. The molecule has 0 unspecified atom stereocenters. The van der Waals surface area contributed by atoms with Crippen LogP contribution in [0.5, 0.6) is 0 Å². The highest BCUT2D eigenvalue weighted by atomic mass is 15.1. The molecule has 0 aromatic heterocycles. The van der Waals surface area contributed by atoms with Gasteiger partial charge in [0.25, 0.3) is 0 Å². The maximum atomic E-state index is 3.57. The molecule has 0 aromatic carbocycles. The van der Waals surface area contributed by atoms with Gasteiger partial charge in [0, 0.05) is 6.04 Å². The van der Waals surface area contributed by atoms with Gasteiger partial charge in [-0.25, -0.2) is 0 Å². The molecule has 1 heterocycles. The molecule has 2 rings (SSSR count). The first-order valence-corrected chi connectivity index (χ1v) is 5.91. The summed E-state index contributed by atoms with van der Waals surface area (Å²) in [6, 6.07) is 0.890. The van der Waals surface area contributed by atoms with Gasteiger partial charge in [0.2, 0.25) is 0 Å². The lowest BCUT2D eigenvalue weighted by Crippen LogP contribution is -2.32. The predicted octanol–water partition coefficient (Wildman–Crippen LogP) is 1.61. The van der Waals surface area contributed by atoms with Crippen molar-refractivity contribution in [3.05, 3.63) is 0 Å². The third kappa shape index (κ3) is 3.65. The number of rotatable bonds is 5. The summed E-state index contributed by atoms with van der Waals surface area (Å²) in [4.78, 5) is 2.62. The smallest absolute Gasteiger partial charge is 0.00682 e. The van der Waals surface area contributed by atoms with Gasteiger partial charge in [-0.1, -0.05) is 6.42 Å². The number of nitrogens with one attached hydrogen (secondary N) is 1. The zero-order valence-corrected chi connectivity index (χ0v) is 8.60. The van der Waals surface area contributed by atoms with Crippen molar-refractivity contribution in [2.75, 3.05) is 26.2 Å². The molecule has 2 fully saturated rings. The number of likely N-dealkylation sites (tertiary alicyclic amines) is 1. The molecule has 1 N–H and O–H groups in total. The molecule has 1 saturated carbocycles. The highest BCUT2D eigenvalue weighted by Gasteiger charge is 2.19. The van der Waals surface area contributed by atoms with Crippen molar-refractivity contribution < 1.29 is 0 Å². The predicted molar refractivity (Wildman–Crippen MR) is 55.9 cm³/mol. The quantitative estimate of drug-likeness (QED) is 0.650. The lowest BCUT2D eigenvalue weighted by Gasteiger charge is -2.26. The zero-order chi connectivity index (χ0) is 8.93. The first-order valence-electron chi connectivity index (χ1n) is 5.91. The summed E-state index contributed by atoms with van der Waals surface area (Å²) in [6.45, 7) is 5.26. The summed E-state index contributed by atoms with van der Waals surface area (Å²) in [5, 5.41) is 3.57. The summed E-state index contributed by atoms with van der Waals surface area (Å²) in [7, 11) is 0. The molecule has 0 amide bonds. The van der Waals surface area contributed by atoms with E-state index in [4.69, 9.17) is 0 Å². The van der Waals surface area contributed by atoms with E-state index >= 15 is 0 Å². The molecule has 0 aromatic rings. The summed E-state index contributed by atoms with van der Waals surface area (Å²) < 4.78 is 0. The minimum atomic E-state index is 0.890. The summed E-state index contributed by atoms with van der Waals surface area (Å²) in [5.74, 6) is 0. The van der Waals surface area contributed by atoms with Crippen molar-refractivity contribution in [1.82, 2.24) is 10.2 Å². The SMILES string of the molecule is C1CCN(CCCNC2CC2)CC1. The van der Waals surface area contributed by atoms with Crippen LogP contribution in [0, 0.1) is 0 Å². The average molecular weight is 182 g/mol. The first kappa shape index (κ1) is 9.47. The lowest BCUT2D eigenvalue weighted by molar-refractivity contribution is 0.225. The van der Waals surface area contributed by atoms with Gasteiger partial charge in [-0.15, -0.1) is 0 Å². The highest BCUT2D eigenvalue weighted by Crippen LogP contribution is 2.18. The number of piperidine rings is 1. The van der Waals surface area contributed by atoms with E-state index in [1.807, 2.05) is 0 Å². The molecule has 76 valence electrons. The Hall–Kier alpha value is -0.0800. The van der Waals surface area contributed by atoms with Crippen LogP contribution in [0.3, 0.4) is 0 Å². The van der Waals surface area contributed by atoms with Gasteiger partial charge in [0.15, 0.2) is 0 Å². The van der Waals surface area contributed by atoms with Gasteiger partial charge in [-0.2, -0.15) is 0 Å². The minimum absolute atomic E-state index is 0.890. The Morgan fingerprint density at radius 1 is 1.08 bits per heavy atom. The Morgan fingerprint density at radius 3 is 2.54 bits per heavy atom. The van der Waals surface area contributed by atoms with Gasteiger partial charge in [0.05, 0.1) is 0 Å². The average Bonchev–Trinajstić information content (AvgIpc) is 2.98. The van der Waals surface area contributed by atoms with Crippen LogP contribution in [-0.4, -0.2) is 37.1 Å². The Labute approximate surface area is 81.7 Å². The van der Waals surface area contributed by atoms with Gasteiger partial charge in [-0.3, -0.25) is 0 Å². The summed E-state index contributed by atoms with van der Waals surface area (Å²) in [5.41, 5.74) is 0. The third-order valence-electron chi connectivity index (χ3n) is 3.11. The Bertz CT molecular complexity index is 137. The lowest BCUT2D eigenvalue weighted by atomic mass is 10.1. The molecule has 0 spiro atoms. The van der Waals surface area contributed by atoms with Crippen LogP contribution in [0.1, 0.15) is 38.5 Å². The van der Waals surface area contributed by atoms with Gasteiger partial charge in [-0.05, 0) is 58.3 Å². The second kappa shape index (κ2) is 4.97. The van der Waals surface area contributed by atoms with E-state index in [1.165, 1.54) is 64.7 Å². The van der Waals surface area contributed by atoms with E-state index in [-0.39, 0.29) is 0 Å². The standard InChI is InChI=1S/C11H22N2/c1-2-8-13(9-3-1)10-4-7-12-11-5-6-11/h11-12H,1-10H2. The largest absolute Gasteiger partial charge is 0.314 e. The minimum Gasteiger partial charge on any atom is -0.314 e. The molecule has 1 saturated heterocycles. The van der Waals surface area contributed by atoms with Crippen LogP contribution < -0.4 is 5.32 Å². The Balaban J connectivity index is 1.46. The van der Waals surface area contributed by atoms with Crippen molar-refractivity contribution >= 4 is 0 Å². The second-order valence-corrected chi connectivity index (χ2v) is 4.48. The molecule has 13 heavy (non-hydrogen) atoms.